The minimum Gasteiger partial charge on any atom is -0.466 e. The first-order valence-electron chi connectivity index (χ1n) is 6.73. The highest BCUT2D eigenvalue weighted by atomic mass is 28.4. The molecule has 2 atom stereocenters. The number of hydrogen-bond acceptors (Lipinski definition) is 5. The molecule has 1 saturated carbocycles. The molecule has 0 saturated heterocycles. The summed E-state index contributed by atoms with van der Waals surface area (Å²) < 4.78 is 22.4. The molecule has 6 heteroatoms. The van der Waals surface area contributed by atoms with E-state index in [0.717, 1.165) is 6.42 Å². The fourth-order valence-electron chi connectivity index (χ4n) is 2.15. The maximum Gasteiger partial charge on any atom is 0.505 e. The summed E-state index contributed by atoms with van der Waals surface area (Å²) in [5.41, 5.74) is 0.0661. The van der Waals surface area contributed by atoms with Gasteiger partial charge in [0.25, 0.3) is 0 Å². The molecule has 0 bridgehead atoms. The van der Waals surface area contributed by atoms with Gasteiger partial charge in [-0.15, -0.1) is 0 Å². The summed E-state index contributed by atoms with van der Waals surface area (Å²) in [6, 6.07) is 0. The lowest BCUT2D eigenvalue weighted by molar-refractivity contribution is -0.144. The van der Waals surface area contributed by atoms with Gasteiger partial charge in [0.15, 0.2) is 0 Å². The molecule has 0 spiro atoms. The maximum atomic E-state index is 11.7. The van der Waals surface area contributed by atoms with Crippen LogP contribution in [0, 0.1) is 5.92 Å². The number of hydrogen-bond donors (Lipinski definition) is 0. The second-order valence-corrected chi connectivity index (χ2v) is 6.92. The second kappa shape index (κ2) is 7.23. The third-order valence-electron chi connectivity index (χ3n) is 2.87. The van der Waals surface area contributed by atoms with E-state index in [1.165, 1.54) is 0 Å². The van der Waals surface area contributed by atoms with Gasteiger partial charge in [0.2, 0.25) is 0 Å². The van der Waals surface area contributed by atoms with Gasteiger partial charge in [-0.1, -0.05) is 0 Å². The Morgan fingerprint density at radius 2 is 1.50 bits per heavy atom. The van der Waals surface area contributed by atoms with Crippen LogP contribution in [0.1, 0.15) is 34.1 Å². The van der Waals surface area contributed by atoms with Crippen LogP contribution < -0.4 is 0 Å². The zero-order chi connectivity index (χ0) is 13.6. The lowest BCUT2D eigenvalue weighted by atomic mass is 10.4. The van der Waals surface area contributed by atoms with Crippen LogP contribution in [-0.2, 0) is 22.8 Å². The SMILES string of the molecule is CCOC(=O)[C@H]1C[C@H]1[Si](OCC)(OCC)OCC. The van der Waals surface area contributed by atoms with E-state index in [2.05, 4.69) is 0 Å². The predicted molar refractivity (Wildman–Crippen MR) is 69.1 cm³/mol. The lowest BCUT2D eigenvalue weighted by Gasteiger charge is -2.28. The number of carbonyl (C=O) groups is 1. The van der Waals surface area contributed by atoms with Crippen LogP contribution in [-0.4, -0.2) is 41.2 Å². The molecule has 106 valence electrons. The first-order valence-corrected chi connectivity index (χ1v) is 8.53. The van der Waals surface area contributed by atoms with E-state index in [0.29, 0.717) is 26.4 Å². The van der Waals surface area contributed by atoms with Crippen LogP contribution in [0.3, 0.4) is 0 Å². The highest BCUT2D eigenvalue weighted by molar-refractivity contribution is 6.64. The van der Waals surface area contributed by atoms with Crippen molar-refractivity contribution >= 4 is 14.8 Å². The Balaban J connectivity index is 2.69. The first kappa shape index (κ1) is 15.6. The van der Waals surface area contributed by atoms with E-state index in [4.69, 9.17) is 18.0 Å². The van der Waals surface area contributed by atoms with Gasteiger partial charge in [-0.3, -0.25) is 4.79 Å². The van der Waals surface area contributed by atoms with Crippen molar-refractivity contribution in [3.05, 3.63) is 0 Å². The zero-order valence-corrected chi connectivity index (χ0v) is 12.7. The summed E-state index contributed by atoms with van der Waals surface area (Å²) in [6.45, 7) is 9.60. The third kappa shape index (κ3) is 3.54. The van der Waals surface area contributed by atoms with Gasteiger partial charge < -0.3 is 18.0 Å². The molecule has 5 nitrogen and oxygen atoms in total. The number of rotatable bonds is 9. The van der Waals surface area contributed by atoms with Crippen molar-refractivity contribution in [1.82, 2.24) is 0 Å². The first-order chi connectivity index (χ1) is 8.65. The van der Waals surface area contributed by atoms with Crippen molar-refractivity contribution < 1.29 is 22.8 Å². The molecule has 0 aliphatic heterocycles. The van der Waals surface area contributed by atoms with Gasteiger partial charge in [0.05, 0.1) is 12.5 Å². The summed E-state index contributed by atoms with van der Waals surface area (Å²) in [4.78, 5) is 11.7. The molecular formula is C12H24O5Si. The van der Waals surface area contributed by atoms with Gasteiger partial charge in [-0.05, 0) is 34.1 Å². The zero-order valence-electron chi connectivity index (χ0n) is 11.7. The Kier molecular flexibility index (Phi) is 6.27. The summed E-state index contributed by atoms with van der Waals surface area (Å²) in [7, 11) is -2.72. The van der Waals surface area contributed by atoms with E-state index >= 15 is 0 Å². The van der Waals surface area contributed by atoms with E-state index in [9.17, 15) is 4.79 Å². The van der Waals surface area contributed by atoms with E-state index < -0.39 is 8.80 Å². The van der Waals surface area contributed by atoms with Gasteiger partial charge in [-0.2, -0.15) is 0 Å². The Bertz CT molecular complexity index is 254. The average molecular weight is 276 g/mol. The number of carbonyl (C=O) groups excluding carboxylic acids is 1. The van der Waals surface area contributed by atoms with Crippen LogP contribution >= 0.6 is 0 Å². The fourth-order valence-corrected chi connectivity index (χ4v) is 5.42. The molecule has 0 N–H and O–H groups in total. The standard InChI is InChI=1S/C12H24O5Si/c1-5-14-12(13)10-9-11(10)18(15-6-2,16-7-3)17-8-4/h10-11H,5-9H2,1-4H3/t10-,11+/m0/s1. The quantitative estimate of drug-likeness (QED) is 0.476. The number of ether oxygens (including phenoxy) is 1. The predicted octanol–water partition coefficient (Wildman–Crippen LogP) is 1.99. The average Bonchev–Trinajstić information content (AvgIpc) is 3.10. The fraction of sp³-hybridized carbons (Fsp3) is 0.917. The van der Waals surface area contributed by atoms with Crippen molar-refractivity contribution in [2.45, 2.75) is 39.7 Å². The maximum absolute atomic E-state index is 11.7. The molecule has 1 rings (SSSR count). The smallest absolute Gasteiger partial charge is 0.466 e. The Labute approximate surface area is 110 Å². The summed E-state index contributed by atoms with van der Waals surface area (Å²) in [5, 5.41) is 0. The van der Waals surface area contributed by atoms with Crippen molar-refractivity contribution in [2.24, 2.45) is 5.92 Å². The highest BCUT2D eigenvalue weighted by Gasteiger charge is 2.64. The van der Waals surface area contributed by atoms with Crippen molar-refractivity contribution in [2.75, 3.05) is 26.4 Å². The van der Waals surface area contributed by atoms with Crippen LogP contribution in [0.25, 0.3) is 0 Å². The van der Waals surface area contributed by atoms with Gasteiger partial charge in [0, 0.05) is 25.4 Å². The largest absolute Gasteiger partial charge is 0.505 e. The Morgan fingerprint density at radius 1 is 1.00 bits per heavy atom. The summed E-state index contributed by atoms with van der Waals surface area (Å²) >= 11 is 0. The molecule has 0 aromatic rings. The van der Waals surface area contributed by atoms with E-state index in [1.807, 2.05) is 27.7 Å². The van der Waals surface area contributed by atoms with E-state index in [-0.39, 0.29) is 17.4 Å². The Morgan fingerprint density at radius 3 is 1.89 bits per heavy atom. The number of esters is 1. The molecule has 1 fully saturated rings. The molecule has 0 unspecified atom stereocenters. The lowest BCUT2D eigenvalue weighted by Crippen LogP contribution is -2.47. The van der Waals surface area contributed by atoms with Gasteiger partial charge in [0.1, 0.15) is 0 Å². The summed E-state index contributed by atoms with van der Waals surface area (Å²) in [5.74, 6) is -0.264. The van der Waals surface area contributed by atoms with Gasteiger partial charge in [-0.25, -0.2) is 0 Å². The van der Waals surface area contributed by atoms with Crippen LogP contribution in [0.4, 0.5) is 0 Å². The molecule has 0 aromatic carbocycles. The van der Waals surface area contributed by atoms with E-state index in [1.54, 1.807) is 0 Å². The molecule has 1 aliphatic rings. The van der Waals surface area contributed by atoms with Gasteiger partial charge >= 0.3 is 14.8 Å². The molecule has 0 heterocycles. The molecular weight excluding hydrogens is 252 g/mol. The monoisotopic (exact) mass is 276 g/mol. The summed E-state index contributed by atoms with van der Waals surface area (Å²) in [6.07, 6.45) is 0.755. The third-order valence-corrected chi connectivity index (χ3v) is 6.49. The molecule has 0 amide bonds. The molecule has 0 radical (unpaired) electrons. The normalized spacial score (nSPS) is 22.9. The Hall–Kier alpha value is -0.433. The second-order valence-electron chi connectivity index (χ2n) is 4.10. The van der Waals surface area contributed by atoms with Crippen molar-refractivity contribution in [1.29, 1.82) is 0 Å². The minimum absolute atomic E-state index is 0.0661. The molecule has 0 aromatic heterocycles. The van der Waals surface area contributed by atoms with Crippen LogP contribution in [0.5, 0.6) is 0 Å². The highest BCUT2D eigenvalue weighted by Crippen LogP contribution is 2.53. The molecule has 18 heavy (non-hydrogen) atoms. The molecule has 1 aliphatic carbocycles. The topological polar surface area (TPSA) is 54.0 Å². The van der Waals surface area contributed by atoms with Crippen LogP contribution in [0.15, 0.2) is 0 Å². The van der Waals surface area contributed by atoms with Crippen molar-refractivity contribution in [3.8, 4) is 0 Å². The van der Waals surface area contributed by atoms with Crippen LogP contribution in [0.2, 0.25) is 5.54 Å². The van der Waals surface area contributed by atoms with Crippen molar-refractivity contribution in [3.63, 3.8) is 0 Å². The minimum atomic E-state index is -2.72.